The van der Waals surface area contributed by atoms with Crippen molar-refractivity contribution in [1.29, 1.82) is 0 Å². The van der Waals surface area contributed by atoms with Crippen LogP contribution in [0.5, 0.6) is 0 Å². The van der Waals surface area contributed by atoms with Gasteiger partial charge in [-0.25, -0.2) is 0 Å². The second-order valence-corrected chi connectivity index (χ2v) is 5.03. The van der Waals surface area contributed by atoms with Crippen molar-refractivity contribution in [1.82, 2.24) is 5.32 Å². The van der Waals surface area contributed by atoms with Gasteiger partial charge in [0.15, 0.2) is 0 Å². The minimum absolute atomic E-state index is 0.0257. The first kappa shape index (κ1) is 11.5. The lowest BCUT2D eigenvalue weighted by Gasteiger charge is -2.06. The topological polar surface area (TPSA) is 29.1 Å². The molecule has 0 aliphatic heterocycles. The number of rotatable bonds is 4. The summed E-state index contributed by atoms with van der Waals surface area (Å²) in [7, 11) is 0. The Bertz CT molecular complexity index is 311. The van der Waals surface area contributed by atoms with Crippen LogP contribution in [0.4, 0.5) is 0 Å². The van der Waals surface area contributed by atoms with Crippen LogP contribution in [-0.4, -0.2) is 17.8 Å². The zero-order chi connectivity index (χ0) is 10.6. The maximum Gasteiger partial charge on any atom is 0.261 e. The lowest BCUT2D eigenvalue weighted by molar-refractivity contribution is 0.0957. The molecule has 0 aliphatic carbocycles. The Morgan fingerprint density at radius 2 is 2.36 bits per heavy atom. The van der Waals surface area contributed by atoms with E-state index in [0.29, 0.717) is 6.54 Å². The Balaban J connectivity index is 2.43. The fourth-order valence-corrected chi connectivity index (χ4v) is 1.85. The van der Waals surface area contributed by atoms with Crippen LogP contribution >= 0.6 is 22.9 Å². The number of alkyl halides is 1. The molecule has 1 atom stereocenters. The van der Waals surface area contributed by atoms with Gasteiger partial charge in [-0.3, -0.25) is 4.79 Å². The van der Waals surface area contributed by atoms with Gasteiger partial charge in [-0.1, -0.05) is 6.92 Å². The minimum atomic E-state index is -0.0257. The third kappa shape index (κ3) is 3.31. The van der Waals surface area contributed by atoms with Crippen molar-refractivity contribution in [2.24, 2.45) is 0 Å². The molecule has 4 heteroatoms. The second-order valence-electron chi connectivity index (χ2n) is 3.13. The third-order valence-corrected chi connectivity index (χ3v) is 3.35. The molecule has 1 amide bonds. The normalized spacial score (nSPS) is 12.5. The van der Waals surface area contributed by atoms with Crippen LogP contribution in [0.3, 0.4) is 0 Å². The molecular formula is C10H14ClNOS. The zero-order valence-electron chi connectivity index (χ0n) is 8.34. The van der Waals surface area contributed by atoms with Crippen molar-refractivity contribution < 1.29 is 4.79 Å². The highest BCUT2D eigenvalue weighted by Gasteiger charge is 2.09. The van der Waals surface area contributed by atoms with Crippen LogP contribution in [0.1, 0.15) is 27.9 Å². The van der Waals surface area contributed by atoms with Gasteiger partial charge in [-0.2, -0.15) is 0 Å². The summed E-state index contributed by atoms with van der Waals surface area (Å²) in [5, 5.41) is 2.83. The summed E-state index contributed by atoms with van der Waals surface area (Å²) in [6.07, 6.45) is 0.866. The average molecular weight is 232 g/mol. The summed E-state index contributed by atoms with van der Waals surface area (Å²) in [5.74, 6) is -0.0257. The Morgan fingerprint density at radius 1 is 1.64 bits per heavy atom. The van der Waals surface area contributed by atoms with Crippen LogP contribution in [0, 0.1) is 6.92 Å². The molecule has 0 aliphatic rings. The van der Waals surface area contributed by atoms with Gasteiger partial charge in [0, 0.05) is 11.4 Å². The van der Waals surface area contributed by atoms with E-state index in [-0.39, 0.29) is 11.3 Å². The molecule has 2 nitrogen and oxygen atoms in total. The molecule has 0 fully saturated rings. The predicted octanol–water partition coefficient (Wildman–Crippen LogP) is 2.80. The Labute approximate surface area is 93.3 Å². The van der Waals surface area contributed by atoms with Crippen LogP contribution in [0.2, 0.25) is 0 Å². The van der Waals surface area contributed by atoms with E-state index >= 15 is 0 Å². The predicted molar refractivity (Wildman–Crippen MR) is 61.3 cm³/mol. The van der Waals surface area contributed by atoms with E-state index in [1.54, 1.807) is 0 Å². The van der Waals surface area contributed by atoms with Crippen molar-refractivity contribution in [3.05, 3.63) is 21.9 Å². The zero-order valence-corrected chi connectivity index (χ0v) is 9.91. The molecule has 1 rings (SSSR count). The summed E-state index contributed by atoms with van der Waals surface area (Å²) >= 11 is 7.39. The van der Waals surface area contributed by atoms with E-state index < -0.39 is 0 Å². The molecule has 1 N–H and O–H groups in total. The van der Waals surface area contributed by atoms with Crippen LogP contribution in [-0.2, 0) is 0 Å². The number of thiophene rings is 1. The number of carbonyl (C=O) groups excluding carboxylic acids is 1. The lowest BCUT2D eigenvalue weighted by atomic mass is 10.3. The van der Waals surface area contributed by atoms with Crippen molar-refractivity contribution in [2.45, 2.75) is 25.6 Å². The highest BCUT2D eigenvalue weighted by atomic mass is 35.5. The minimum Gasteiger partial charge on any atom is -0.350 e. The van der Waals surface area contributed by atoms with Crippen LogP contribution in [0.25, 0.3) is 0 Å². The van der Waals surface area contributed by atoms with Crippen molar-refractivity contribution in [3.8, 4) is 0 Å². The van der Waals surface area contributed by atoms with E-state index in [1.807, 2.05) is 26.0 Å². The van der Waals surface area contributed by atoms with Gasteiger partial charge < -0.3 is 5.32 Å². The number of halogens is 1. The van der Waals surface area contributed by atoms with Gasteiger partial charge in [0.05, 0.1) is 10.3 Å². The Morgan fingerprint density at radius 3 is 2.86 bits per heavy atom. The monoisotopic (exact) mass is 231 g/mol. The molecule has 78 valence electrons. The molecule has 0 spiro atoms. The van der Waals surface area contributed by atoms with E-state index in [9.17, 15) is 4.79 Å². The number of aryl methyl sites for hydroxylation is 1. The van der Waals surface area contributed by atoms with Crippen LogP contribution in [0.15, 0.2) is 12.1 Å². The summed E-state index contributed by atoms with van der Waals surface area (Å²) in [6, 6.07) is 3.78. The third-order valence-electron chi connectivity index (χ3n) is 1.89. The number of nitrogens with one attached hydrogen (secondary N) is 1. The maximum absolute atomic E-state index is 11.5. The van der Waals surface area contributed by atoms with E-state index in [2.05, 4.69) is 5.32 Å². The smallest absolute Gasteiger partial charge is 0.261 e. The molecule has 0 bridgehead atoms. The lowest BCUT2D eigenvalue weighted by Crippen LogP contribution is -2.28. The molecule has 0 saturated heterocycles. The van der Waals surface area contributed by atoms with Gasteiger partial charge in [-0.05, 0) is 25.5 Å². The molecular weight excluding hydrogens is 218 g/mol. The van der Waals surface area contributed by atoms with Crippen molar-refractivity contribution in [2.75, 3.05) is 6.54 Å². The molecule has 0 saturated carbocycles. The largest absolute Gasteiger partial charge is 0.350 e. The first-order valence-electron chi connectivity index (χ1n) is 4.62. The standard InChI is InChI=1S/C10H14ClNOS/c1-3-8(11)6-12-10(13)9-5-4-7(2)14-9/h4-5,8H,3,6H2,1-2H3,(H,12,13). The van der Waals surface area contributed by atoms with Gasteiger partial charge in [0.1, 0.15) is 0 Å². The van der Waals surface area contributed by atoms with E-state index in [1.165, 1.54) is 11.3 Å². The van der Waals surface area contributed by atoms with Gasteiger partial charge >= 0.3 is 0 Å². The Hall–Kier alpha value is -0.540. The Kier molecular flexibility index (Phi) is 4.42. The first-order valence-corrected chi connectivity index (χ1v) is 5.87. The number of amides is 1. The molecule has 1 unspecified atom stereocenters. The summed E-state index contributed by atoms with van der Waals surface area (Å²) in [6.45, 7) is 4.52. The number of hydrogen-bond donors (Lipinski definition) is 1. The summed E-state index contributed by atoms with van der Waals surface area (Å²) < 4.78 is 0. The highest BCUT2D eigenvalue weighted by Crippen LogP contribution is 2.14. The van der Waals surface area contributed by atoms with E-state index in [0.717, 1.165) is 16.2 Å². The van der Waals surface area contributed by atoms with Crippen LogP contribution < -0.4 is 5.32 Å². The summed E-state index contributed by atoms with van der Waals surface area (Å²) in [4.78, 5) is 13.4. The molecule has 1 aromatic rings. The van der Waals surface area contributed by atoms with Gasteiger partial charge in [0.2, 0.25) is 0 Å². The maximum atomic E-state index is 11.5. The molecule has 0 aromatic carbocycles. The van der Waals surface area contributed by atoms with E-state index in [4.69, 9.17) is 11.6 Å². The fraction of sp³-hybridized carbons (Fsp3) is 0.500. The van der Waals surface area contributed by atoms with Crippen molar-refractivity contribution >= 4 is 28.8 Å². The summed E-state index contributed by atoms with van der Waals surface area (Å²) in [5.41, 5.74) is 0. The number of hydrogen-bond acceptors (Lipinski definition) is 2. The molecule has 1 heterocycles. The second kappa shape index (κ2) is 5.37. The quantitative estimate of drug-likeness (QED) is 0.794. The SMILES string of the molecule is CCC(Cl)CNC(=O)c1ccc(C)s1. The fourth-order valence-electron chi connectivity index (χ4n) is 0.991. The molecule has 14 heavy (non-hydrogen) atoms. The highest BCUT2D eigenvalue weighted by molar-refractivity contribution is 7.13. The van der Waals surface area contributed by atoms with Gasteiger partial charge in [0.25, 0.3) is 5.91 Å². The first-order chi connectivity index (χ1) is 6.63. The molecule has 0 radical (unpaired) electrons. The average Bonchev–Trinajstić information content (AvgIpc) is 2.60. The van der Waals surface area contributed by atoms with Gasteiger partial charge in [-0.15, -0.1) is 22.9 Å². The number of carbonyl (C=O) groups is 1. The molecule has 1 aromatic heterocycles. The van der Waals surface area contributed by atoms with Crippen molar-refractivity contribution in [3.63, 3.8) is 0 Å².